The minimum Gasteiger partial charge on any atom is -0.361 e. The number of nitro groups is 1. The van der Waals surface area contributed by atoms with E-state index in [0.29, 0.717) is 18.2 Å². The standard InChI is InChI=1S/C6H10N4O2S/c7-2-1-3-8-6-9-4-5(13-6)10(11)12/h4H,1-3,7H2,(H,8,9). The van der Waals surface area contributed by atoms with Crippen LogP contribution >= 0.6 is 11.3 Å². The molecule has 1 aromatic rings. The molecule has 0 spiro atoms. The second kappa shape index (κ2) is 4.73. The van der Waals surface area contributed by atoms with Crippen LogP contribution in [-0.2, 0) is 0 Å². The monoisotopic (exact) mass is 202 g/mol. The summed E-state index contributed by atoms with van der Waals surface area (Å²) in [7, 11) is 0. The molecule has 1 aromatic heterocycles. The van der Waals surface area contributed by atoms with Gasteiger partial charge in [-0.3, -0.25) is 10.1 Å². The van der Waals surface area contributed by atoms with E-state index in [1.165, 1.54) is 6.20 Å². The third-order valence-corrected chi connectivity index (χ3v) is 2.24. The molecule has 1 rings (SSSR count). The van der Waals surface area contributed by atoms with Crippen molar-refractivity contribution in [2.45, 2.75) is 6.42 Å². The molecular weight excluding hydrogens is 192 g/mol. The van der Waals surface area contributed by atoms with E-state index < -0.39 is 4.92 Å². The Morgan fingerprint density at radius 1 is 1.77 bits per heavy atom. The number of nitrogens with two attached hydrogens (primary N) is 1. The van der Waals surface area contributed by atoms with Crippen LogP contribution in [-0.4, -0.2) is 23.0 Å². The lowest BCUT2D eigenvalue weighted by molar-refractivity contribution is -0.380. The van der Waals surface area contributed by atoms with Crippen LogP contribution < -0.4 is 11.1 Å². The van der Waals surface area contributed by atoms with Crippen molar-refractivity contribution >= 4 is 21.5 Å². The van der Waals surface area contributed by atoms with Gasteiger partial charge in [0.2, 0.25) is 0 Å². The molecule has 0 amide bonds. The normalized spacial score (nSPS) is 9.92. The average molecular weight is 202 g/mol. The Labute approximate surface area is 78.9 Å². The van der Waals surface area contributed by atoms with Gasteiger partial charge in [0.15, 0.2) is 5.13 Å². The van der Waals surface area contributed by atoms with Crippen LogP contribution in [0.1, 0.15) is 6.42 Å². The van der Waals surface area contributed by atoms with E-state index in [4.69, 9.17) is 5.73 Å². The van der Waals surface area contributed by atoms with Gasteiger partial charge in [0, 0.05) is 6.54 Å². The van der Waals surface area contributed by atoms with Crippen LogP contribution in [0.15, 0.2) is 6.20 Å². The molecule has 0 atom stereocenters. The second-order valence-corrected chi connectivity index (χ2v) is 3.34. The Kier molecular flexibility index (Phi) is 3.59. The molecule has 0 aliphatic carbocycles. The number of thiazole rings is 1. The van der Waals surface area contributed by atoms with Gasteiger partial charge < -0.3 is 11.1 Å². The molecule has 0 radical (unpaired) electrons. The highest BCUT2D eigenvalue weighted by atomic mass is 32.1. The summed E-state index contributed by atoms with van der Waals surface area (Å²) in [6.45, 7) is 1.29. The predicted octanol–water partition coefficient (Wildman–Crippen LogP) is 0.812. The van der Waals surface area contributed by atoms with Gasteiger partial charge in [-0.2, -0.15) is 0 Å². The van der Waals surface area contributed by atoms with Crippen LogP contribution in [0.25, 0.3) is 0 Å². The average Bonchev–Trinajstić information content (AvgIpc) is 2.53. The van der Waals surface area contributed by atoms with E-state index in [1.807, 2.05) is 0 Å². The lowest BCUT2D eigenvalue weighted by Crippen LogP contribution is -2.07. The first kappa shape index (κ1) is 9.87. The number of nitrogens with zero attached hydrogens (tertiary/aromatic N) is 2. The molecule has 1 heterocycles. The van der Waals surface area contributed by atoms with Crippen LogP contribution in [0.3, 0.4) is 0 Å². The first-order valence-electron chi connectivity index (χ1n) is 3.78. The van der Waals surface area contributed by atoms with Crippen LogP contribution in [0.2, 0.25) is 0 Å². The van der Waals surface area contributed by atoms with Gasteiger partial charge in [-0.1, -0.05) is 0 Å². The van der Waals surface area contributed by atoms with Gasteiger partial charge in [-0.05, 0) is 24.3 Å². The fourth-order valence-electron chi connectivity index (χ4n) is 0.729. The lowest BCUT2D eigenvalue weighted by atomic mass is 10.4. The highest BCUT2D eigenvalue weighted by Crippen LogP contribution is 2.24. The van der Waals surface area contributed by atoms with Gasteiger partial charge in [-0.25, -0.2) is 4.98 Å². The fraction of sp³-hybridized carbons (Fsp3) is 0.500. The summed E-state index contributed by atoms with van der Waals surface area (Å²) in [6, 6.07) is 0. The number of rotatable bonds is 5. The predicted molar refractivity (Wildman–Crippen MR) is 50.9 cm³/mol. The van der Waals surface area contributed by atoms with E-state index in [0.717, 1.165) is 17.8 Å². The molecule has 0 aliphatic heterocycles. The number of nitrogens with one attached hydrogen (secondary N) is 1. The topological polar surface area (TPSA) is 94.1 Å². The van der Waals surface area contributed by atoms with Gasteiger partial charge >= 0.3 is 5.00 Å². The summed E-state index contributed by atoms with van der Waals surface area (Å²) < 4.78 is 0. The van der Waals surface area contributed by atoms with Gasteiger partial charge in [0.25, 0.3) is 0 Å². The third-order valence-electron chi connectivity index (χ3n) is 1.33. The second-order valence-electron chi connectivity index (χ2n) is 2.33. The van der Waals surface area contributed by atoms with Crippen LogP contribution in [0.4, 0.5) is 10.1 Å². The summed E-state index contributed by atoms with van der Waals surface area (Å²) in [5, 5.41) is 13.8. The molecule has 0 aromatic carbocycles. The Morgan fingerprint density at radius 2 is 2.54 bits per heavy atom. The van der Waals surface area contributed by atoms with Crippen molar-refractivity contribution in [1.82, 2.24) is 4.98 Å². The highest BCUT2D eigenvalue weighted by Gasteiger charge is 2.10. The number of anilines is 1. The van der Waals surface area contributed by atoms with Gasteiger partial charge in [-0.15, -0.1) is 0 Å². The molecule has 0 aliphatic rings. The summed E-state index contributed by atoms with van der Waals surface area (Å²) >= 11 is 1.03. The van der Waals surface area contributed by atoms with Crippen molar-refractivity contribution in [1.29, 1.82) is 0 Å². The van der Waals surface area contributed by atoms with Gasteiger partial charge in [0.05, 0.1) is 4.92 Å². The maximum Gasteiger partial charge on any atom is 0.345 e. The molecule has 13 heavy (non-hydrogen) atoms. The largest absolute Gasteiger partial charge is 0.361 e. The van der Waals surface area contributed by atoms with Crippen molar-refractivity contribution < 1.29 is 4.92 Å². The summed E-state index contributed by atoms with van der Waals surface area (Å²) in [4.78, 5) is 13.7. The highest BCUT2D eigenvalue weighted by molar-refractivity contribution is 7.18. The Hall–Kier alpha value is -1.21. The summed E-state index contributed by atoms with van der Waals surface area (Å²) in [5.41, 5.74) is 5.28. The maximum absolute atomic E-state index is 10.3. The lowest BCUT2D eigenvalue weighted by Gasteiger charge is -1.97. The first-order chi connectivity index (χ1) is 6.24. The van der Waals surface area contributed by atoms with Crippen molar-refractivity contribution in [3.8, 4) is 0 Å². The molecule has 0 fully saturated rings. The fourth-order valence-corrected chi connectivity index (χ4v) is 1.39. The van der Waals surface area contributed by atoms with Crippen LogP contribution in [0.5, 0.6) is 0 Å². The molecule has 0 unspecified atom stereocenters. The Balaban J connectivity index is 2.44. The maximum atomic E-state index is 10.3. The molecule has 0 saturated carbocycles. The van der Waals surface area contributed by atoms with Gasteiger partial charge in [0.1, 0.15) is 6.20 Å². The quantitative estimate of drug-likeness (QED) is 0.418. The minimum absolute atomic E-state index is 0.0512. The molecule has 7 heteroatoms. The number of aromatic nitrogens is 1. The van der Waals surface area contributed by atoms with Crippen molar-refractivity contribution in [2.75, 3.05) is 18.4 Å². The zero-order valence-corrected chi connectivity index (χ0v) is 7.71. The zero-order valence-electron chi connectivity index (χ0n) is 6.90. The molecular formula is C6H10N4O2S. The van der Waals surface area contributed by atoms with Crippen LogP contribution in [0, 0.1) is 10.1 Å². The Bertz CT molecular complexity index is 288. The number of hydrogen-bond acceptors (Lipinski definition) is 6. The zero-order chi connectivity index (χ0) is 9.68. The van der Waals surface area contributed by atoms with E-state index in [1.54, 1.807) is 0 Å². The van der Waals surface area contributed by atoms with E-state index in [2.05, 4.69) is 10.3 Å². The Morgan fingerprint density at radius 3 is 3.08 bits per heavy atom. The first-order valence-corrected chi connectivity index (χ1v) is 4.60. The van der Waals surface area contributed by atoms with E-state index >= 15 is 0 Å². The summed E-state index contributed by atoms with van der Waals surface area (Å²) in [5.74, 6) is 0. The molecule has 6 nitrogen and oxygen atoms in total. The molecule has 72 valence electrons. The minimum atomic E-state index is -0.453. The molecule has 0 bridgehead atoms. The SMILES string of the molecule is NCCCNc1ncc([N+](=O)[O-])s1. The molecule has 0 saturated heterocycles. The van der Waals surface area contributed by atoms with E-state index in [9.17, 15) is 10.1 Å². The number of hydrogen-bond donors (Lipinski definition) is 2. The molecule has 3 N–H and O–H groups in total. The van der Waals surface area contributed by atoms with Crippen molar-refractivity contribution in [2.24, 2.45) is 5.73 Å². The smallest absolute Gasteiger partial charge is 0.345 e. The van der Waals surface area contributed by atoms with E-state index in [-0.39, 0.29) is 5.00 Å². The summed E-state index contributed by atoms with van der Waals surface area (Å²) in [6.07, 6.45) is 2.07. The van der Waals surface area contributed by atoms with Crippen molar-refractivity contribution in [3.05, 3.63) is 16.3 Å². The van der Waals surface area contributed by atoms with Crippen molar-refractivity contribution in [3.63, 3.8) is 0 Å². The third kappa shape index (κ3) is 2.96.